The first kappa shape index (κ1) is 18.7. The molecule has 0 radical (unpaired) electrons. The van der Waals surface area contributed by atoms with Gasteiger partial charge in [0.1, 0.15) is 5.75 Å². The molecule has 29 heavy (non-hydrogen) atoms. The molecule has 3 fully saturated rings. The predicted molar refractivity (Wildman–Crippen MR) is 120 cm³/mol. The molecule has 4 aliphatic rings. The topological polar surface area (TPSA) is 24.5 Å². The van der Waals surface area contributed by atoms with Crippen LogP contribution in [0.5, 0.6) is 5.75 Å². The highest BCUT2D eigenvalue weighted by Crippen LogP contribution is 2.50. The molecule has 5 unspecified atom stereocenters. The van der Waals surface area contributed by atoms with E-state index in [4.69, 9.17) is 4.74 Å². The molecule has 0 saturated carbocycles. The van der Waals surface area contributed by atoms with Crippen molar-refractivity contribution < 1.29 is 4.74 Å². The van der Waals surface area contributed by atoms with Crippen molar-refractivity contribution in [2.24, 2.45) is 11.8 Å². The van der Waals surface area contributed by atoms with Gasteiger partial charge in [0.2, 0.25) is 0 Å². The summed E-state index contributed by atoms with van der Waals surface area (Å²) < 4.78 is 5.63. The van der Waals surface area contributed by atoms with E-state index < -0.39 is 0 Å². The largest absolute Gasteiger partial charge is 0.497 e. The monoisotopic (exact) mass is 388 g/mol. The second-order valence-electron chi connectivity index (χ2n) is 9.07. The van der Waals surface area contributed by atoms with Gasteiger partial charge in [-0.2, -0.15) is 0 Å². The molecule has 6 rings (SSSR count). The van der Waals surface area contributed by atoms with Gasteiger partial charge in [-0.25, -0.2) is 0 Å². The number of ether oxygens (including phenoxy) is 1. The van der Waals surface area contributed by atoms with E-state index in [0.29, 0.717) is 12.0 Å². The maximum atomic E-state index is 5.63. The average molecular weight is 389 g/mol. The van der Waals surface area contributed by atoms with Crippen LogP contribution in [0.25, 0.3) is 0 Å². The highest BCUT2D eigenvalue weighted by molar-refractivity contribution is 5.62. The van der Waals surface area contributed by atoms with E-state index in [1.165, 1.54) is 49.2 Å². The molecule has 4 aliphatic heterocycles. The summed E-state index contributed by atoms with van der Waals surface area (Å²) >= 11 is 0. The van der Waals surface area contributed by atoms with Gasteiger partial charge in [-0.15, -0.1) is 6.58 Å². The molecule has 0 spiro atoms. The summed E-state index contributed by atoms with van der Waals surface area (Å²) in [7, 11) is 1.77. The molecule has 152 valence electrons. The van der Waals surface area contributed by atoms with Gasteiger partial charge in [0.05, 0.1) is 7.11 Å². The van der Waals surface area contributed by atoms with Crippen molar-refractivity contribution in [2.75, 3.05) is 32.1 Å². The third-order valence-corrected chi connectivity index (χ3v) is 7.75. The fraction of sp³-hybridized carbons (Fsp3) is 0.462. The Bertz CT molecular complexity index is 880. The summed E-state index contributed by atoms with van der Waals surface area (Å²) in [5.41, 5.74) is 4.14. The zero-order valence-electron chi connectivity index (χ0n) is 17.4. The van der Waals surface area contributed by atoms with Crippen LogP contribution in [0.2, 0.25) is 0 Å². The molecule has 0 aromatic heterocycles. The average Bonchev–Trinajstić information content (AvgIpc) is 2.80. The summed E-state index contributed by atoms with van der Waals surface area (Å²) in [4.78, 5) is 2.75. The number of fused-ring (bicyclic) bond motifs is 4. The van der Waals surface area contributed by atoms with Crippen LogP contribution in [0.15, 0.2) is 61.2 Å². The van der Waals surface area contributed by atoms with Crippen LogP contribution in [-0.2, 0) is 5.41 Å². The standard InChI is InChI=1S/C26H32N2O/c1-3-19-18-28-14-11-20(19)15-22(28)17-26(21-7-5-4-6-8-21)12-13-27-25-10-9-23(29-2)16-24(25)26/h3-10,16,19-20,22,27H,1,11-15,17-18H2,2H3. The van der Waals surface area contributed by atoms with Gasteiger partial charge in [-0.3, -0.25) is 4.90 Å². The number of methoxy groups -OCH3 is 1. The minimum absolute atomic E-state index is 0.0300. The maximum absolute atomic E-state index is 5.63. The molecule has 2 aromatic rings. The van der Waals surface area contributed by atoms with Crippen LogP contribution >= 0.6 is 0 Å². The first-order valence-corrected chi connectivity index (χ1v) is 11.1. The Morgan fingerprint density at radius 2 is 2.10 bits per heavy atom. The lowest BCUT2D eigenvalue weighted by Crippen LogP contribution is -2.55. The van der Waals surface area contributed by atoms with E-state index in [-0.39, 0.29) is 5.41 Å². The van der Waals surface area contributed by atoms with Crippen LogP contribution in [0.1, 0.15) is 36.8 Å². The molecular weight excluding hydrogens is 356 g/mol. The number of hydrogen-bond donors (Lipinski definition) is 1. The molecule has 1 N–H and O–H groups in total. The summed E-state index contributed by atoms with van der Waals surface area (Å²) in [6.45, 7) is 7.55. The molecule has 3 heteroatoms. The van der Waals surface area contributed by atoms with Gasteiger partial charge in [-0.1, -0.05) is 36.4 Å². The Kier molecular flexibility index (Phi) is 4.87. The quantitative estimate of drug-likeness (QED) is 0.723. The van der Waals surface area contributed by atoms with Crippen molar-refractivity contribution >= 4 is 5.69 Å². The SMILES string of the molecule is C=CC1CN2CCC1CC2CC1(c2ccccc2)CCNc2ccc(OC)cc21. The summed E-state index contributed by atoms with van der Waals surface area (Å²) in [6.07, 6.45) is 7.14. The number of hydrogen-bond acceptors (Lipinski definition) is 3. The van der Waals surface area contributed by atoms with Gasteiger partial charge in [0.15, 0.2) is 0 Å². The van der Waals surface area contributed by atoms with E-state index in [1.807, 2.05) is 0 Å². The summed E-state index contributed by atoms with van der Waals surface area (Å²) in [5.74, 6) is 2.43. The van der Waals surface area contributed by atoms with Crippen molar-refractivity contribution in [3.8, 4) is 5.75 Å². The van der Waals surface area contributed by atoms with Crippen molar-refractivity contribution in [3.05, 3.63) is 72.3 Å². The zero-order chi connectivity index (χ0) is 19.8. The van der Waals surface area contributed by atoms with Crippen LogP contribution in [0, 0.1) is 11.8 Å². The second-order valence-corrected chi connectivity index (χ2v) is 9.07. The van der Waals surface area contributed by atoms with Crippen molar-refractivity contribution in [1.29, 1.82) is 0 Å². The lowest BCUT2D eigenvalue weighted by molar-refractivity contribution is 0.00690. The van der Waals surface area contributed by atoms with Crippen molar-refractivity contribution in [2.45, 2.75) is 37.1 Å². The first-order valence-electron chi connectivity index (χ1n) is 11.1. The summed E-state index contributed by atoms with van der Waals surface area (Å²) in [6, 6.07) is 18.4. The highest BCUT2D eigenvalue weighted by Gasteiger charge is 2.46. The molecule has 3 saturated heterocycles. The third-order valence-electron chi connectivity index (χ3n) is 7.75. The summed E-state index contributed by atoms with van der Waals surface area (Å²) in [5, 5.41) is 3.64. The fourth-order valence-corrected chi connectivity index (χ4v) is 6.19. The lowest BCUT2D eigenvalue weighted by Gasteiger charge is -2.52. The van der Waals surface area contributed by atoms with Crippen LogP contribution in [-0.4, -0.2) is 37.7 Å². The molecule has 2 bridgehead atoms. The first-order chi connectivity index (χ1) is 14.2. The van der Waals surface area contributed by atoms with Gasteiger partial charge >= 0.3 is 0 Å². The number of nitrogens with one attached hydrogen (secondary N) is 1. The number of nitrogens with zero attached hydrogens (tertiary/aromatic N) is 1. The lowest BCUT2D eigenvalue weighted by atomic mass is 9.63. The normalized spacial score (nSPS) is 32.9. The van der Waals surface area contributed by atoms with E-state index in [9.17, 15) is 0 Å². The minimum atomic E-state index is 0.0300. The molecule has 2 aromatic carbocycles. The molecular formula is C26H32N2O. The molecule has 5 atom stereocenters. The van der Waals surface area contributed by atoms with Gasteiger partial charge < -0.3 is 10.1 Å². The van der Waals surface area contributed by atoms with E-state index in [2.05, 4.69) is 71.4 Å². The van der Waals surface area contributed by atoms with E-state index in [1.54, 1.807) is 7.11 Å². The van der Waals surface area contributed by atoms with Gasteiger partial charge in [0.25, 0.3) is 0 Å². The molecule has 3 nitrogen and oxygen atoms in total. The fourth-order valence-electron chi connectivity index (χ4n) is 6.19. The molecule has 4 heterocycles. The van der Waals surface area contributed by atoms with Gasteiger partial charge in [0, 0.05) is 30.2 Å². The number of anilines is 1. The zero-order valence-corrected chi connectivity index (χ0v) is 17.4. The second kappa shape index (κ2) is 7.53. The highest BCUT2D eigenvalue weighted by atomic mass is 16.5. The Labute approximate surface area is 174 Å². The Morgan fingerprint density at radius 3 is 2.83 bits per heavy atom. The van der Waals surface area contributed by atoms with Crippen LogP contribution < -0.4 is 10.1 Å². The van der Waals surface area contributed by atoms with Crippen molar-refractivity contribution in [3.63, 3.8) is 0 Å². The van der Waals surface area contributed by atoms with E-state index in [0.717, 1.165) is 24.6 Å². The van der Waals surface area contributed by atoms with Crippen LogP contribution in [0.3, 0.4) is 0 Å². The van der Waals surface area contributed by atoms with E-state index >= 15 is 0 Å². The Morgan fingerprint density at radius 1 is 1.24 bits per heavy atom. The third kappa shape index (κ3) is 3.16. The van der Waals surface area contributed by atoms with Crippen LogP contribution in [0.4, 0.5) is 5.69 Å². The maximum Gasteiger partial charge on any atom is 0.119 e. The number of rotatable bonds is 5. The molecule has 0 aliphatic carbocycles. The number of benzene rings is 2. The Balaban J connectivity index is 1.57. The smallest absolute Gasteiger partial charge is 0.119 e. The Hall–Kier alpha value is -2.26. The number of piperidine rings is 3. The van der Waals surface area contributed by atoms with Crippen molar-refractivity contribution in [1.82, 2.24) is 4.90 Å². The molecule has 0 amide bonds. The van der Waals surface area contributed by atoms with Gasteiger partial charge in [-0.05, 0) is 73.4 Å². The minimum Gasteiger partial charge on any atom is -0.497 e. The predicted octanol–water partition coefficient (Wildman–Crippen LogP) is 5.08.